The molecular weight excluding hydrogens is 375 g/mol. The molecule has 0 aliphatic heterocycles. The molecule has 2 aromatic rings. The van der Waals surface area contributed by atoms with Crippen molar-refractivity contribution < 1.29 is 0 Å². The number of halogens is 3. The molecule has 0 N–H and O–H groups in total. The fourth-order valence-electron chi connectivity index (χ4n) is 2.00. The van der Waals surface area contributed by atoms with Crippen molar-refractivity contribution in [3.05, 3.63) is 68.6 Å². The number of hydrogen-bond acceptors (Lipinski definition) is 0. The molecule has 0 heterocycles. The van der Waals surface area contributed by atoms with Crippen molar-refractivity contribution in [2.24, 2.45) is 0 Å². The Morgan fingerprint density at radius 1 is 1.00 bits per heavy atom. The van der Waals surface area contributed by atoms with Crippen molar-refractivity contribution in [2.75, 3.05) is 5.88 Å². The third-order valence-corrected chi connectivity index (χ3v) is 4.49. The predicted octanol–water partition coefficient (Wildman–Crippen LogP) is 5.78. The van der Waals surface area contributed by atoms with Crippen LogP contribution in [0.1, 0.15) is 17.0 Å². The lowest BCUT2D eigenvalue weighted by atomic mass is 9.94. The largest absolute Gasteiger partial charge is 0.126 e. The highest BCUT2D eigenvalue weighted by molar-refractivity contribution is 9.10. The first-order valence-electron chi connectivity index (χ1n) is 5.75. The van der Waals surface area contributed by atoms with Gasteiger partial charge in [0, 0.05) is 20.7 Å². The lowest BCUT2D eigenvalue weighted by molar-refractivity contribution is 0.762. The lowest BCUT2D eigenvalue weighted by Gasteiger charge is -2.16. The van der Waals surface area contributed by atoms with E-state index in [1.807, 2.05) is 12.1 Å². The highest BCUT2D eigenvalue weighted by Crippen LogP contribution is 2.29. The Morgan fingerprint density at radius 3 is 2.44 bits per heavy atom. The van der Waals surface area contributed by atoms with E-state index in [1.165, 1.54) is 11.1 Å². The van der Waals surface area contributed by atoms with E-state index in [-0.39, 0.29) is 0 Å². The molecule has 18 heavy (non-hydrogen) atoms. The monoisotopic (exact) mass is 386 g/mol. The van der Waals surface area contributed by atoms with Crippen LogP contribution in [0.4, 0.5) is 0 Å². The van der Waals surface area contributed by atoms with Crippen molar-refractivity contribution in [1.82, 2.24) is 0 Å². The van der Waals surface area contributed by atoms with Gasteiger partial charge in [-0.25, -0.2) is 0 Å². The molecule has 3 heteroatoms. The third kappa shape index (κ3) is 3.59. The summed E-state index contributed by atoms with van der Waals surface area (Å²) >= 11 is 13.2. The lowest BCUT2D eigenvalue weighted by Crippen LogP contribution is -2.05. The minimum absolute atomic E-state index is 0.330. The maximum atomic E-state index is 6.13. The Morgan fingerprint density at radius 2 is 1.78 bits per heavy atom. The van der Waals surface area contributed by atoms with Crippen LogP contribution in [0.5, 0.6) is 0 Å². The van der Waals surface area contributed by atoms with Gasteiger partial charge in [-0.2, -0.15) is 0 Å². The van der Waals surface area contributed by atoms with Gasteiger partial charge in [-0.3, -0.25) is 0 Å². The van der Waals surface area contributed by atoms with Gasteiger partial charge in [0.1, 0.15) is 0 Å². The molecular formula is C15H13Br2Cl. The zero-order chi connectivity index (χ0) is 13.0. The molecule has 0 aliphatic rings. The van der Waals surface area contributed by atoms with Crippen LogP contribution in [-0.2, 0) is 6.42 Å². The van der Waals surface area contributed by atoms with Crippen molar-refractivity contribution in [1.29, 1.82) is 0 Å². The first-order valence-corrected chi connectivity index (χ1v) is 7.87. The van der Waals surface area contributed by atoms with Crippen LogP contribution in [0.3, 0.4) is 0 Å². The number of alkyl halides is 1. The molecule has 0 spiro atoms. The van der Waals surface area contributed by atoms with Crippen LogP contribution in [0.25, 0.3) is 0 Å². The van der Waals surface area contributed by atoms with Gasteiger partial charge < -0.3 is 0 Å². The molecule has 0 nitrogen and oxygen atoms in total. The fraction of sp³-hybridized carbons (Fsp3) is 0.200. The van der Waals surface area contributed by atoms with Gasteiger partial charge in [0.05, 0.1) is 0 Å². The molecule has 0 aliphatic carbocycles. The van der Waals surface area contributed by atoms with Gasteiger partial charge >= 0.3 is 0 Å². The zero-order valence-electron chi connectivity index (χ0n) is 9.74. The first-order chi connectivity index (χ1) is 8.70. The van der Waals surface area contributed by atoms with Gasteiger partial charge in [0.15, 0.2) is 0 Å². The van der Waals surface area contributed by atoms with E-state index in [9.17, 15) is 0 Å². The molecule has 0 bridgehead atoms. The van der Waals surface area contributed by atoms with Crippen LogP contribution in [-0.4, -0.2) is 5.88 Å². The second-order valence-electron chi connectivity index (χ2n) is 4.21. The summed E-state index contributed by atoms with van der Waals surface area (Å²) in [5.41, 5.74) is 2.57. The standard InChI is InChI=1S/C15H13Br2Cl/c16-13-5-3-4-11(9-13)8-12(10-18)14-6-1-2-7-15(14)17/h1-7,9,12H,8,10H2. The maximum Gasteiger partial charge on any atom is 0.0295 e. The maximum absolute atomic E-state index is 6.13. The van der Waals surface area contributed by atoms with Gasteiger partial charge in [0.2, 0.25) is 0 Å². The van der Waals surface area contributed by atoms with E-state index < -0.39 is 0 Å². The Hall–Kier alpha value is -0.310. The van der Waals surface area contributed by atoms with Crippen LogP contribution in [0.2, 0.25) is 0 Å². The topological polar surface area (TPSA) is 0 Å². The van der Waals surface area contributed by atoms with E-state index in [4.69, 9.17) is 11.6 Å². The molecule has 1 unspecified atom stereocenters. The van der Waals surface area contributed by atoms with Gasteiger partial charge in [-0.1, -0.05) is 62.2 Å². The molecule has 0 saturated heterocycles. The average molecular weight is 389 g/mol. The van der Waals surface area contributed by atoms with Crippen LogP contribution in [0, 0.1) is 0 Å². The summed E-state index contributed by atoms with van der Waals surface area (Å²) < 4.78 is 2.24. The van der Waals surface area contributed by atoms with Crippen LogP contribution >= 0.6 is 43.5 Å². The van der Waals surface area contributed by atoms with E-state index in [0.29, 0.717) is 11.8 Å². The summed E-state index contributed by atoms with van der Waals surface area (Å²) in [7, 11) is 0. The first kappa shape index (κ1) is 14.1. The summed E-state index contributed by atoms with van der Waals surface area (Å²) in [5.74, 6) is 0.950. The number of benzene rings is 2. The molecule has 0 fully saturated rings. The number of hydrogen-bond donors (Lipinski definition) is 0. The fourth-order valence-corrected chi connectivity index (χ4v) is 3.33. The molecule has 1 atom stereocenters. The van der Waals surface area contributed by atoms with E-state index in [1.54, 1.807) is 0 Å². The van der Waals surface area contributed by atoms with E-state index >= 15 is 0 Å². The second-order valence-corrected chi connectivity index (χ2v) is 6.29. The van der Waals surface area contributed by atoms with Gasteiger partial charge in [0.25, 0.3) is 0 Å². The third-order valence-electron chi connectivity index (χ3n) is 2.90. The molecule has 0 radical (unpaired) electrons. The Balaban J connectivity index is 2.23. The average Bonchev–Trinajstić information content (AvgIpc) is 2.37. The molecule has 0 aromatic heterocycles. The Bertz CT molecular complexity index is 525. The quantitative estimate of drug-likeness (QED) is 0.583. The SMILES string of the molecule is ClCC(Cc1cccc(Br)c1)c1ccccc1Br. The number of rotatable bonds is 4. The summed E-state index contributed by atoms with van der Waals surface area (Å²) in [6.45, 7) is 0. The minimum Gasteiger partial charge on any atom is -0.126 e. The minimum atomic E-state index is 0.330. The highest BCUT2D eigenvalue weighted by atomic mass is 79.9. The van der Waals surface area contributed by atoms with Crippen molar-refractivity contribution in [2.45, 2.75) is 12.3 Å². The molecule has 0 saturated carbocycles. The molecule has 0 amide bonds. The van der Waals surface area contributed by atoms with E-state index in [2.05, 4.69) is 68.3 Å². The zero-order valence-corrected chi connectivity index (χ0v) is 13.7. The Kier molecular flexibility index (Phi) is 5.28. The highest BCUT2D eigenvalue weighted by Gasteiger charge is 2.14. The van der Waals surface area contributed by atoms with Gasteiger partial charge in [-0.05, 0) is 35.7 Å². The smallest absolute Gasteiger partial charge is 0.0295 e. The molecule has 94 valence electrons. The summed E-state index contributed by atoms with van der Waals surface area (Å²) in [6.07, 6.45) is 0.950. The van der Waals surface area contributed by atoms with Crippen molar-refractivity contribution in [3.8, 4) is 0 Å². The van der Waals surface area contributed by atoms with Crippen LogP contribution in [0.15, 0.2) is 57.5 Å². The van der Waals surface area contributed by atoms with Crippen molar-refractivity contribution in [3.63, 3.8) is 0 Å². The van der Waals surface area contributed by atoms with Gasteiger partial charge in [-0.15, -0.1) is 11.6 Å². The Labute approximate surface area is 130 Å². The predicted molar refractivity (Wildman–Crippen MR) is 85.4 cm³/mol. The molecule has 2 aromatic carbocycles. The summed E-state index contributed by atoms with van der Waals surface area (Å²) in [6, 6.07) is 16.7. The van der Waals surface area contributed by atoms with Crippen molar-refractivity contribution >= 4 is 43.5 Å². The summed E-state index contributed by atoms with van der Waals surface area (Å²) in [4.78, 5) is 0. The normalized spacial score (nSPS) is 12.4. The summed E-state index contributed by atoms with van der Waals surface area (Å²) in [5, 5.41) is 0. The van der Waals surface area contributed by atoms with Crippen LogP contribution < -0.4 is 0 Å². The second kappa shape index (κ2) is 6.74. The van der Waals surface area contributed by atoms with E-state index in [0.717, 1.165) is 15.4 Å². The molecule has 2 rings (SSSR count).